The molecule has 0 saturated heterocycles. The van der Waals surface area contributed by atoms with Gasteiger partial charge in [-0.1, -0.05) is 24.3 Å². The van der Waals surface area contributed by atoms with Gasteiger partial charge in [0.05, 0.1) is 12.4 Å². The van der Waals surface area contributed by atoms with Crippen LogP contribution in [-0.4, -0.2) is 70.4 Å². The van der Waals surface area contributed by atoms with Crippen LogP contribution in [-0.2, 0) is 12.8 Å². The van der Waals surface area contributed by atoms with Crippen molar-refractivity contribution >= 4 is 48.2 Å². The molecule has 198 valence electrons. The predicted octanol–water partition coefficient (Wildman–Crippen LogP) is 4.66. The van der Waals surface area contributed by atoms with Gasteiger partial charge in [0.15, 0.2) is 11.6 Å². The van der Waals surface area contributed by atoms with Crippen LogP contribution in [0.2, 0.25) is 0 Å². The molecule has 0 aliphatic heterocycles. The second-order valence-corrected chi connectivity index (χ2v) is 9.96. The molecule has 0 amide bonds. The van der Waals surface area contributed by atoms with Crippen molar-refractivity contribution in [1.82, 2.24) is 29.7 Å². The van der Waals surface area contributed by atoms with E-state index in [0.717, 1.165) is 59.8 Å². The SMILES string of the molecule is CN(C)c1ccc(/C=N/n2c(CCCCc3n[nH]c(=S)n3/N=C/c3ccc(N(C)C)cc3)n[nH]c2=S)cc1. The maximum atomic E-state index is 5.38. The Labute approximate surface area is 232 Å². The van der Waals surface area contributed by atoms with Crippen LogP contribution in [0.1, 0.15) is 35.6 Å². The van der Waals surface area contributed by atoms with Crippen LogP contribution in [0.5, 0.6) is 0 Å². The number of aryl methyl sites for hydroxylation is 2. The van der Waals surface area contributed by atoms with Crippen LogP contribution >= 0.6 is 24.4 Å². The molecule has 38 heavy (non-hydrogen) atoms. The molecule has 2 N–H and O–H groups in total. The van der Waals surface area contributed by atoms with E-state index >= 15 is 0 Å². The zero-order valence-electron chi connectivity index (χ0n) is 22.0. The number of unbranched alkanes of at least 4 members (excludes halogenated alkanes) is 1. The highest BCUT2D eigenvalue weighted by molar-refractivity contribution is 7.71. The van der Waals surface area contributed by atoms with E-state index in [1.807, 2.05) is 52.5 Å². The summed E-state index contributed by atoms with van der Waals surface area (Å²) in [5, 5.41) is 23.5. The van der Waals surface area contributed by atoms with Gasteiger partial charge in [0.25, 0.3) is 0 Å². The molecule has 0 fully saturated rings. The van der Waals surface area contributed by atoms with Crippen LogP contribution in [0.4, 0.5) is 11.4 Å². The lowest BCUT2D eigenvalue weighted by atomic mass is 10.2. The third-order valence-electron chi connectivity index (χ3n) is 5.95. The van der Waals surface area contributed by atoms with Crippen LogP contribution in [0, 0.1) is 9.54 Å². The average Bonchev–Trinajstić information content (AvgIpc) is 3.45. The summed E-state index contributed by atoms with van der Waals surface area (Å²) in [6.07, 6.45) is 6.77. The first-order chi connectivity index (χ1) is 18.3. The van der Waals surface area contributed by atoms with Gasteiger partial charge in [-0.05, 0) is 72.7 Å². The number of hydrogen-bond donors (Lipinski definition) is 2. The Bertz CT molecular complexity index is 1390. The number of aromatic nitrogens is 6. The standard InChI is InChI=1S/C26H32N10S2/c1-33(2)21-13-9-19(10-14-21)17-27-35-23(29-31-25(35)37)7-5-6-8-24-30-32-26(38)36(24)28-18-20-11-15-22(16-12-20)34(3)4/h9-18H,5-8H2,1-4H3,(H,31,37)(H,32,38)/b27-17+,28-18+. The molecule has 4 aromatic rings. The van der Waals surface area contributed by atoms with E-state index in [1.54, 1.807) is 21.8 Å². The topological polar surface area (TPSA) is 98.4 Å². The van der Waals surface area contributed by atoms with E-state index in [0.29, 0.717) is 9.54 Å². The zero-order chi connectivity index (χ0) is 27.1. The van der Waals surface area contributed by atoms with E-state index in [4.69, 9.17) is 24.4 Å². The lowest BCUT2D eigenvalue weighted by Gasteiger charge is -2.11. The molecule has 12 heteroatoms. The maximum Gasteiger partial charge on any atom is 0.216 e. The van der Waals surface area contributed by atoms with E-state index in [-0.39, 0.29) is 0 Å². The fraction of sp³-hybridized carbons (Fsp3) is 0.308. The Morgan fingerprint density at radius 1 is 0.684 bits per heavy atom. The Hall–Kier alpha value is -3.90. The second-order valence-electron chi connectivity index (χ2n) is 9.18. The number of H-pyrrole nitrogens is 2. The van der Waals surface area contributed by atoms with Gasteiger partial charge in [-0.25, -0.2) is 0 Å². The quantitative estimate of drug-likeness (QED) is 0.161. The van der Waals surface area contributed by atoms with Crippen LogP contribution in [0.25, 0.3) is 0 Å². The van der Waals surface area contributed by atoms with E-state index in [9.17, 15) is 0 Å². The van der Waals surface area contributed by atoms with E-state index in [2.05, 4.69) is 64.7 Å². The number of anilines is 2. The first-order valence-corrected chi connectivity index (χ1v) is 13.1. The highest BCUT2D eigenvalue weighted by Crippen LogP contribution is 2.13. The van der Waals surface area contributed by atoms with Crippen molar-refractivity contribution in [3.8, 4) is 0 Å². The first-order valence-electron chi connectivity index (χ1n) is 12.3. The van der Waals surface area contributed by atoms with Gasteiger partial charge in [0.1, 0.15) is 0 Å². The van der Waals surface area contributed by atoms with Crippen LogP contribution in [0.3, 0.4) is 0 Å². The molecule has 2 aromatic heterocycles. The molecule has 2 heterocycles. The third-order valence-corrected chi connectivity index (χ3v) is 6.48. The number of benzene rings is 2. The summed E-state index contributed by atoms with van der Waals surface area (Å²) >= 11 is 10.8. The number of aromatic amines is 2. The highest BCUT2D eigenvalue weighted by Gasteiger charge is 2.08. The molecule has 10 nitrogen and oxygen atoms in total. The van der Waals surface area contributed by atoms with E-state index < -0.39 is 0 Å². The molecule has 0 spiro atoms. The molecule has 4 rings (SSSR count). The summed E-state index contributed by atoms with van der Waals surface area (Å²) in [5.74, 6) is 1.57. The van der Waals surface area contributed by atoms with Gasteiger partial charge in [-0.2, -0.15) is 29.8 Å². The number of nitrogens with one attached hydrogen (secondary N) is 2. The minimum atomic E-state index is 0.468. The van der Waals surface area contributed by atoms with Crippen molar-refractivity contribution < 1.29 is 0 Å². The van der Waals surface area contributed by atoms with Gasteiger partial charge < -0.3 is 9.80 Å². The molecule has 0 aliphatic rings. The van der Waals surface area contributed by atoms with Gasteiger partial charge in [-0.15, -0.1) is 0 Å². The monoisotopic (exact) mass is 548 g/mol. The summed E-state index contributed by atoms with van der Waals surface area (Å²) < 4.78 is 4.29. The molecule has 0 unspecified atom stereocenters. The fourth-order valence-electron chi connectivity index (χ4n) is 3.74. The minimum Gasteiger partial charge on any atom is -0.378 e. The number of nitrogens with zero attached hydrogens (tertiary/aromatic N) is 8. The second kappa shape index (κ2) is 12.6. The first kappa shape index (κ1) is 27.1. The maximum absolute atomic E-state index is 5.38. The lowest BCUT2D eigenvalue weighted by Crippen LogP contribution is -2.08. The molecule has 2 aromatic carbocycles. The zero-order valence-corrected chi connectivity index (χ0v) is 23.6. The fourth-order valence-corrected chi connectivity index (χ4v) is 4.14. The number of rotatable bonds is 11. The minimum absolute atomic E-state index is 0.468. The Balaban J connectivity index is 1.34. The highest BCUT2D eigenvalue weighted by atomic mass is 32.1. The van der Waals surface area contributed by atoms with Gasteiger partial charge in [-0.3, -0.25) is 10.2 Å². The van der Waals surface area contributed by atoms with Crippen LogP contribution < -0.4 is 9.80 Å². The average molecular weight is 549 g/mol. The molecule has 0 atom stereocenters. The van der Waals surface area contributed by atoms with Crippen molar-refractivity contribution in [3.63, 3.8) is 0 Å². The predicted molar refractivity (Wildman–Crippen MR) is 159 cm³/mol. The van der Waals surface area contributed by atoms with Crippen molar-refractivity contribution in [2.45, 2.75) is 25.7 Å². The van der Waals surface area contributed by atoms with Gasteiger partial charge in [0, 0.05) is 52.4 Å². The van der Waals surface area contributed by atoms with E-state index in [1.165, 1.54) is 0 Å². The largest absolute Gasteiger partial charge is 0.378 e. The molecule has 0 saturated carbocycles. The van der Waals surface area contributed by atoms with Gasteiger partial charge >= 0.3 is 0 Å². The normalized spacial score (nSPS) is 11.6. The summed E-state index contributed by atoms with van der Waals surface area (Å²) in [6.45, 7) is 0. The summed E-state index contributed by atoms with van der Waals surface area (Å²) in [4.78, 5) is 4.11. The Morgan fingerprint density at radius 2 is 1.05 bits per heavy atom. The van der Waals surface area contributed by atoms with Crippen molar-refractivity contribution in [2.75, 3.05) is 38.0 Å². The summed E-state index contributed by atoms with van der Waals surface area (Å²) in [6, 6.07) is 16.3. The molecule has 0 radical (unpaired) electrons. The van der Waals surface area contributed by atoms with Gasteiger partial charge in [0.2, 0.25) is 9.54 Å². The number of hydrogen-bond acceptors (Lipinski definition) is 8. The van der Waals surface area contributed by atoms with Crippen molar-refractivity contribution in [3.05, 3.63) is 80.8 Å². The summed E-state index contributed by atoms with van der Waals surface area (Å²) in [7, 11) is 8.06. The molecular formula is C26H32N10S2. The molecule has 0 aliphatic carbocycles. The lowest BCUT2D eigenvalue weighted by molar-refractivity contribution is 0.643. The summed E-state index contributed by atoms with van der Waals surface area (Å²) in [5.41, 5.74) is 4.24. The third kappa shape index (κ3) is 6.90. The molecular weight excluding hydrogens is 516 g/mol. The molecule has 0 bridgehead atoms. The van der Waals surface area contributed by atoms with Crippen molar-refractivity contribution in [1.29, 1.82) is 0 Å². The van der Waals surface area contributed by atoms with Crippen LogP contribution in [0.15, 0.2) is 58.7 Å². The Kier molecular flexibility index (Phi) is 8.98. The Morgan fingerprint density at radius 3 is 1.39 bits per heavy atom. The van der Waals surface area contributed by atoms with Crippen molar-refractivity contribution in [2.24, 2.45) is 10.2 Å². The smallest absolute Gasteiger partial charge is 0.216 e.